The first kappa shape index (κ1) is 20.2. The molecule has 2 aromatic carbocycles. The van der Waals surface area contributed by atoms with Gasteiger partial charge in [0.2, 0.25) is 0 Å². The van der Waals surface area contributed by atoms with Gasteiger partial charge in [-0.05, 0) is 36.2 Å². The molecule has 0 unspecified atom stereocenters. The smallest absolute Gasteiger partial charge is 0.255 e. The molecule has 6 heteroatoms. The summed E-state index contributed by atoms with van der Waals surface area (Å²) in [6.07, 6.45) is 2.19. The maximum atomic E-state index is 13.0. The number of aromatic nitrogens is 2. The van der Waals surface area contributed by atoms with Crippen LogP contribution in [-0.2, 0) is 25.9 Å². The second kappa shape index (κ2) is 9.13. The number of carbonyl (C=O) groups is 1. The van der Waals surface area contributed by atoms with E-state index in [1.54, 1.807) is 0 Å². The summed E-state index contributed by atoms with van der Waals surface area (Å²) in [6.45, 7) is 2.27. The number of Topliss-reactive ketones (excluding diaryl/α,β-unsaturated/α-hetero) is 1. The maximum Gasteiger partial charge on any atom is 0.255 e. The molecule has 0 bridgehead atoms. The molecule has 0 aliphatic carbocycles. The normalized spacial score (nSPS) is 13.8. The highest BCUT2D eigenvalue weighted by Gasteiger charge is 2.21. The molecule has 0 spiro atoms. The Morgan fingerprint density at radius 3 is 2.63 bits per heavy atom. The first-order valence-corrected chi connectivity index (χ1v) is 10.2. The lowest BCUT2D eigenvalue weighted by molar-refractivity contribution is 0.0980. The molecular formula is C24H24FN3O2. The maximum absolute atomic E-state index is 13.0. The van der Waals surface area contributed by atoms with E-state index >= 15 is 0 Å². The molecule has 4 rings (SSSR count). The van der Waals surface area contributed by atoms with E-state index < -0.39 is 0 Å². The number of benzene rings is 2. The number of nitrogens with one attached hydrogen (secondary N) is 1. The van der Waals surface area contributed by atoms with Crippen molar-refractivity contribution in [3.05, 3.63) is 99.0 Å². The SMILES string of the molecule is O=C(CCCc1nc2c(c(=O)[nH]1)CN(Cc1ccccc1)CC2)c1ccc(F)cc1. The summed E-state index contributed by atoms with van der Waals surface area (Å²) in [4.78, 5) is 34.6. The van der Waals surface area contributed by atoms with Gasteiger partial charge in [-0.1, -0.05) is 30.3 Å². The third-order valence-corrected chi connectivity index (χ3v) is 5.43. The van der Waals surface area contributed by atoms with Crippen LogP contribution < -0.4 is 5.56 Å². The Bertz CT molecular complexity index is 1080. The number of H-pyrrole nitrogens is 1. The van der Waals surface area contributed by atoms with Gasteiger partial charge < -0.3 is 4.98 Å². The summed E-state index contributed by atoms with van der Waals surface area (Å²) in [7, 11) is 0. The Labute approximate surface area is 174 Å². The summed E-state index contributed by atoms with van der Waals surface area (Å²) in [5.41, 5.74) is 3.25. The quantitative estimate of drug-likeness (QED) is 0.609. The zero-order valence-corrected chi connectivity index (χ0v) is 16.7. The second-order valence-corrected chi connectivity index (χ2v) is 7.67. The van der Waals surface area contributed by atoms with Gasteiger partial charge in [0.25, 0.3) is 5.56 Å². The topological polar surface area (TPSA) is 66.1 Å². The molecule has 0 atom stereocenters. The summed E-state index contributed by atoms with van der Waals surface area (Å²) in [6, 6.07) is 15.8. The number of nitrogens with zero attached hydrogens (tertiary/aromatic N) is 2. The number of carbonyl (C=O) groups excluding carboxylic acids is 1. The van der Waals surface area contributed by atoms with Crippen molar-refractivity contribution in [2.45, 2.75) is 38.8 Å². The summed E-state index contributed by atoms with van der Waals surface area (Å²) in [5, 5.41) is 0. The van der Waals surface area contributed by atoms with Crippen molar-refractivity contribution in [2.75, 3.05) is 6.54 Å². The van der Waals surface area contributed by atoms with Gasteiger partial charge in [-0.3, -0.25) is 14.5 Å². The van der Waals surface area contributed by atoms with E-state index in [2.05, 4.69) is 27.0 Å². The van der Waals surface area contributed by atoms with Crippen molar-refractivity contribution < 1.29 is 9.18 Å². The van der Waals surface area contributed by atoms with Gasteiger partial charge in [0.1, 0.15) is 11.6 Å². The molecule has 5 nitrogen and oxygen atoms in total. The Balaban J connectivity index is 1.35. The van der Waals surface area contributed by atoms with E-state index in [0.29, 0.717) is 37.2 Å². The van der Waals surface area contributed by atoms with Gasteiger partial charge >= 0.3 is 0 Å². The number of halogens is 1. The van der Waals surface area contributed by atoms with Crippen LogP contribution in [0, 0.1) is 5.82 Å². The zero-order valence-electron chi connectivity index (χ0n) is 16.7. The molecule has 0 amide bonds. The van der Waals surface area contributed by atoms with Gasteiger partial charge in [-0.15, -0.1) is 0 Å². The Morgan fingerprint density at radius 1 is 1.10 bits per heavy atom. The van der Waals surface area contributed by atoms with Crippen LogP contribution in [0.2, 0.25) is 0 Å². The average molecular weight is 405 g/mol. The highest BCUT2D eigenvalue weighted by molar-refractivity contribution is 5.95. The Kier molecular flexibility index (Phi) is 6.14. The van der Waals surface area contributed by atoms with Crippen LogP contribution in [0.4, 0.5) is 4.39 Å². The highest BCUT2D eigenvalue weighted by atomic mass is 19.1. The number of aryl methyl sites for hydroxylation is 1. The van der Waals surface area contributed by atoms with Crippen molar-refractivity contribution >= 4 is 5.78 Å². The van der Waals surface area contributed by atoms with Crippen LogP contribution in [0.1, 0.15) is 45.8 Å². The third-order valence-electron chi connectivity index (χ3n) is 5.43. The molecule has 1 aliphatic rings. The van der Waals surface area contributed by atoms with E-state index in [1.807, 2.05) is 18.2 Å². The number of fused-ring (bicyclic) bond motifs is 1. The predicted octanol–water partition coefficient (Wildman–Crippen LogP) is 3.67. The van der Waals surface area contributed by atoms with Gasteiger partial charge in [0.15, 0.2) is 5.78 Å². The Hall–Kier alpha value is -3.12. The average Bonchev–Trinajstić information content (AvgIpc) is 2.75. The molecule has 2 heterocycles. The highest BCUT2D eigenvalue weighted by Crippen LogP contribution is 2.17. The van der Waals surface area contributed by atoms with Crippen LogP contribution in [0.15, 0.2) is 59.4 Å². The largest absolute Gasteiger partial charge is 0.310 e. The van der Waals surface area contributed by atoms with Gasteiger partial charge in [0, 0.05) is 44.5 Å². The number of hydrogen-bond acceptors (Lipinski definition) is 4. The van der Waals surface area contributed by atoms with Crippen LogP contribution in [-0.4, -0.2) is 27.2 Å². The molecule has 1 N–H and O–H groups in total. The number of hydrogen-bond donors (Lipinski definition) is 1. The van der Waals surface area contributed by atoms with E-state index in [4.69, 9.17) is 0 Å². The molecule has 0 radical (unpaired) electrons. The first-order valence-electron chi connectivity index (χ1n) is 10.2. The van der Waals surface area contributed by atoms with Crippen molar-refractivity contribution in [3.63, 3.8) is 0 Å². The van der Waals surface area contributed by atoms with Crippen molar-refractivity contribution in [1.29, 1.82) is 0 Å². The number of aromatic amines is 1. The summed E-state index contributed by atoms with van der Waals surface area (Å²) in [5.74, 6) is 0.235. The standard InChI is InChI=1S/C24H24FN3O2/c25-19-11-9-18(10-12-19)22(29)7-4-8-23-26-21-13-14-28(16-20(21)24(30)27-23)15-17-5-2-1-3-6-17/h1-3,5-6,9-12H,4,7-8,13-16H2,(H,26,27,30). The number of ketones is 1. The van der Waals surface area contributed by atoms with Crippen LogP contribution in [0.25, 0.3) is 0 Å². The fraction of sp³-hybridized carbons (Fsp3) is 0.292. The molecular weight excluding hydrogens is 381 g/mol. The molecule has 0 saturated carbocycles. The Morgan fingerprint density at radius 2 is 1.87 bits per heavy atom. The van der Waals surface area contributed by atoms with E-state index in [-0.39, 0.29) is 17.2 Å². The fourth-order valence-electron chi connectivity index (χ4n) is 3.82. The van der Waals surface area contributed by atoms with Crippen LogP contribution >= 0.6 is 0 Å². The molecule has 0 saturated heterocycles. The van der Waals surface area contributed by atoms with Crippen LogP contribution in [0.5, 0.6) is 0 Å². The number of rotatable bonds is 7. The molecule has 30 heavy (non-hydrogen) atoms. The molecule has 1 aliphatic heterocycles. The molecule has 3 aromatic rings. The van der Waals surface area contributed by atoms with E-state index in [9.17, 15) is 14.0 Å². The zero-order chi connectivity index (χ0) is 20.9. The third kappa shape index (κ3) is 4.89. The molecule has 0 fully saturated rings. The van der Waals surface area contributed by atoms with Gasteiger partial charge in [-0.2, -0.15) is 0 Å². The second-order valence-electron chi connectivity index (χ2n) is 7.67. The van der Waals surface area contributed by atoms with E-state index in [0.717, 1.165) is 30.8 Å². The first-order chi connectivity index (χ1) is 14.6. The predicted molar refractivity (Wildman–Crippen MR) is 113 cm³/mol. The molecule has 1 aromatic heterocycles. The van der Waals surface area contributed by atoms with Gasteiger partial charge in [-0.25, -0.2) is 9.37 Å². The lowest BCUT2D eigenvalue weighted by Gasteiger charge is -2.27. The lowest BCUT2D eigenvalue weighted by Crippen LogP contribution is -2.35. The molecule has 154 valence electrons. The summed E-state index contributed by atoms with van der Waals surface area (Å²) < 4.78 is 13.0. The monoisotopic (exact) mass is 405 g/mol. The lowest BCUT2D eigenvalue weighted by atomic mass is 10.0. The summed E-state index contributed by atoms with van der Waals surface area (Å²) >= 11 is 0. The van der Waals surface area contributed by atoms with Crippen molar-refractivity contribution in [1.82, 2.24) is 14.9 Å². The fourth-order valence-corrected chi connectivity index (χ4v) is 3.82. The van der Waals surface area contributed by atoms with E-state index in [1.165, 1.54) is 29.8 Å². The van der Waals surface area contributed by atoms with Crippen molar-refractivity contribution in [2.24, 2.45) is 0 Å². The van der Waals surface area contributed by atoms with Crippen molar-refractivity contribution in [3.8, 4) is 0 Å². The minimum absolute atomic E-state index is 0.0353. The minimum atomic E-state index is -0.357. The van der Waals surface area contributed by atoms with Gasteiger partial charge in [0.05, 0.1) is 11.3 Å². The van der Waals surface area contributed by atoms with Crippen LogP contribution in [0.3, 0.4) is 0 Å². The minimum Gasteiger partial charge on any atom is -0.310 e.